The molecule has 0 saturated carbocycles. The zero-order valence-electron chi connectivity index (χ0n) is 11.0. The Labute approximate surface area is 103 Å². The quantitative estimate of drug-likeness (QED) is 0.860. The topological polar surface area (TPSA) is 41.1 Å². The van der Waals surface area contributed by atoms with Crippen molar-refractivity contribution >= 4 is 5.95 Å². The van der Waals surface area contributed by atoms with E-state index in [1.807, 2.05) is 12.4 Å². The summed E-state index contributed by atoms with van der Waals surface area (Å²) in [7, 11) is 0. The van der Waals surface area contributed by atoms with E-state index in [1.165, 1.54) is 5.56 Å². The second-order valence-corrected chi connectivity index (χ2v) is 5.24. The zero-order chi connectivity index (χ0) is 12.3. The second-order valence-electron chi connectivity index (χ2n) is 5.24. The molecular formula is C13H22N4. The third-order valence-electron chi connectivity index (χ3n) is 3.09. The van der Waals surface area contributed by atoms with Gasteiger partial charge in [-0.3, -0.25) is 0 Å². The smallest absolute Gasteiger partial charge is 0.225 e. The number of hydrogen-bond donors (Lipinski definition) is 1. The Kier molecular flexibility index (Phi) is 3.94. The first-order valence-electron chi connectivity index (χ1n) is 6.45. The molecule has 0 aromatic carbocycles. The highest BCUT2D eigenvalue weighted by atomic mass is 15.3. The molecule has 1 aliphatic heterocycles. The van der Waals surface area contributed by atoms with Crippen molar-refractivity contribution in [2.45, 2.75) is 33.2 Å². The zero-order valence-corrected chi connectivity index (χ0v) is 11.0. The lowest BCUT2D eigenvalue weighted by molar-refractivity contribution is 0.492. The van der Waals surface area contributed by atoms with E-state index in [0.717, 1.165) is 32.0 Å². The van der Waals surface area contributed by atoms with E-state index in [9.17, 15) is 0 Å². The molecule has 94 valence electrons. The minimum absolute atomic E-state index is 0.472. The fourth-order valence-electron chi connectivity index (χ4n) is 2.21. The van der Waals surface area contributed by atoms with Gasteiger partial charge in [0.05, 0.1) is 0 Å². The molecule has 1 atom stereocenters. The number of piperazine rings is 1. The predicted molar refractivity (Wildman–Crippen MR) is 70.3 cm³/mol. The third-order valence-corrected chi connectivity index (χ3v) is 3.09. The normalized spacial score (nSPS) is 20.9. The van der Waals surface area contributed by atoms with Gasteiger partial charge in [-0.2, -0.15) is 0 Å². The molecule has 0 amide bonds. The maximum Gasteiger partial charge on any atom is 0.225 e. The minimum Gasteiger partial charge on any atom is -0.336 e. The van der Waals surface area contributed by atoms with Crippen molar-refractivity contribution in [3.05, 3.63) is 18.0 Å². The van der Waals surface area contributed by atoms with Crippen LogP contribution in [-0.2, 0) is 6.42 Å². The Morgan fingerprint density at radius 2 is 2.12 bits per heavy atom. The van der Waals surface area contributed by atoms with E-state index >= 15 is 0 Å². The molecule has 1 saturated heterocycles. The van der Waals surface area contributed by atoms with Crippen molar-refractivity contribution in [1.29, 1.82) is 0 Å². The van der Waals surface area contributed by atoms with Gasteiger partial charge in [0.25, 0.3) is 0 Å². The van der Waals surface area contributed by atoms with Crippen LogP contribution in [0.15, 0.2) is 12.4 Å². The van der Waals surface area contributed by atoms with Gasteiger partial charge in [-0.1, -0.05) is 13.8 Å². The van der Waals surface area contributed by atoms with Crippen molar-refractivity contribution < 1.29 is 0 Å². The first kappa shape index (κ1) is 12.3. The molecule has 0 radical (unpaired) electrons. The van der Waals surface area contributed by atoms with Gasteiger partial charge in [-0.05, 0) is 24.8 Å². The fourth-order valence-corrected chi connectivity index (χ4v) is 2.21. The maximum absolute atomic E-state index is 4.49. The second kappa shape index (κ2) is 5.45. The molecule has 1 unspecified atom stereocenters. The molecular weight excluding hydrogens is 212 g/mol. The molecule has 1 N–H and O–H groups in total. The van der Waals surface area contributed by atoms with Gasteiger partial charge < -0.3 is 10.2 Å². The average molecular weight is 234 g/mol. The SMILES string of the molecule is CC(C)Cc1cnc(N2CCNCC2C)nc1. The van der Waals surface area contributed by atoms with E-state index in [-0.39, 0.29) is 0 Å². The van der Waals surface area contributed by atoms with Crippen LogP contribution in [0.5, 0.6) is 0 Å². The highest BCUT2D eigenvalue weighted by molar-refractivity contribution is 5.32. The Balaban J connectivity index is 2.06. The lowest BCUT2D eigenvalue weighted by Gasteiger charge is -2.33. The van der Waals surface area contributed by atoms with Crippen molar-refractivity contribution in [1.82, 2.24) is 15.3 Å². The van der Waals surface area contributed by atoms with Crippen LogP contribution in [0.2, 0.25) is 0 Å². The largest absolute Gasteiger partial charge is 0.336 e. The molecule has 17 heavy (non-hydrogen) atoms. The molecule has 2 rings (SSSR count). The van der Waals surface area contributed by atoms with Crippen molar-refractivity contribution in [2.24, 2.45) is 5.92 Å². The van der Waals surface area contributed by atoms with Gasteiger partial charge in [0.1, 0.15) is 0 Å². The monoisotopic (exact) mass is 234 g/mol. The summed E-state index contributed by atoms with van der Waals surface area (Å²) in [6, 6.07) is 0.472. The van der Waals surface area contributed by atoms with Gasteiger partial charge in [0.2, 0.25) is 5.95 Å². The molecule has 4 heteroatoms. The third kappa shape index (κ3) is 3.16. The molecule has 0 bridgehead atoms. The number of anilines is 1. The molecule has 1 aromatic rings. The number of hydrogen-bond acceptors (Lipinski definition) is 4. The summed E-state index contributed by atoms with van der Waals surface area (Å²) in [6.45, 7) is 9.65. The van der Waals surface area contributed by atoms with Crippen LogP contribution in [0, 0.1) is 5.92 Å². The maximum atomic E-state index is 4.49. The lowest BCUT2D eigenvalue weighted by Crippen LogP contribution is -2.50. The molecule has 0 aliphatic carbocycles. The van der Waals surface area contributed by atoms with E-state index < -0.39 is 0 Å². The summed E-state index contributed by atoms with van der Waals surface area (Å²) < 4.78 is 0. The Bertz CT molecular complexity index is 347. The van der Waals surface area contributed by atoms with Crippen LogP contribution < -0.4 is 10.2 Å². The lowest BCUT2D eigenvalue weighted by atomic mass is 10.1. The summed E-state index contributed by atoms with van der Waals surface area (Å²) >= 11 is 0. The van der Waals surface area contributed by atoms with Gasteiger partial charge >= 0.3 is 0 Å². The number of nitrogens with one attached hydrogen (secondary N) is 1. The summed E-state index contributed by atoms with van der Waals surface area (Å²) in [5.74, 6) is 1.52. The van der Waals surface area contributed by atoms with Crippen LogP contribution in [-0.4, -0.2) is 35.6 Å². The van der Waals surface area contributed by atoms with Crippen LogP contribution in [0.4, 0.5) is 5.95 Å². The Morgan fingerprint density at radius 3 is 2.71 bits per heavy atom. The first-order valence-corrected chi connectivity index (χ1v) is 6.45. The van der Waals surface area contributed by atoms with Gasteiger partial charge in [-0.25, -0.2) is 9.97 Å². The standard InChI is InChI=1S/C13H22N4/c1-10(2)6-12-8-15-13(16-9-12)17-5-4-14-7-11(17)3/h8-11,14H,4-7H2,1-3H3. The van der Waals surface area contributed by atoms with Gasteiger partial charge in [0.15, 0.2) is 0 Å². The highest BCUT2D eigenvalue weighted by Crippen LogP contribution is 2.13. The van der Waals surface area contributed by atoms with Gasteiger partial charge in [-0.15, -0.1) is 0 Å². The Hall–Kier alpha value is -1.16. The number of rotatable bonds is 3. The number of aromatic nitrogens is 2. The molecule has 4 nitrogen and oxygen atoms in total. The summed E-state index contributed by atoms with van der Waals surface area (Å²) in [6.07, 6.45) is 4.99. The summed E-state index contributed by atoms with van der Waals surface area (Å²) in [5.41, 5.74) is 1.23. The van der Waals surface area contributed by atoms with Crippen molar-refractivity contribution in [2.75, 3.05) is 24.5 Å². The number of nitrogens with zero attached hydrogens (tertiary/aromatic N) is 3. The van der Waals surface area contributed by atoms with Gasteiger partial charge in [0, 0.05) is 38.1 Å². The Morgan fingerprint density at radius 1 is 1.41 bits per heavy atom. The summed E-state index contributed by atoms with van der Waals surface area (Å²) in [4.78, 5) is 11.3. The van der Waals surface area contributed by atoms with Crippen LogP contribution in [0.3, 0.4) is 0 Å². The molecule has 1 aliphatic rings. The minimum atomic E-state index is 0.472. The molecule has 0 spiro atoms. The van der Waals surface area contributed by atoms with Crippen LogP contribution in [0.25, 0.3) is 0 Å². The molecule has 2 heterocycles. The van der Waals surface area contributed by atoms with E-state index in [0.29, 0.717) is 12.0 Å². The van der Waals surface area contributed by atoms with E-state index in [4.69, 9.17) is 0 Å². The van der Waals surface area contributed by atoms with E-state index in [1.54, 1.807) is 0 Å². The summed E-state index contributed by atoms with van der Waals surface area (Å²) in [5, 5.41) is 3.37. The fraction of sp³-hybridized carbons (Fsp3) is 0.692. The molecule has 1 aromatic heterocycles. The van der Waals surface area contributed by atoms with Crippen LogP contribution in [0.1, 0.15) is 26.3 Å². The molecule has 1 fully saturated rings. The highest BCUT2D eigenvalue weighted by Gasteiger charge is 2.19. The predicted octanol–water partition coefficient (Wildman–Crippen LogP) is 1.47. The van der Waals surface area contributed by atoms with Crippen molar-refractivity contribution in [3.63, 3.8) is 0 Å². The van der Waals surface area contributed by atoms with E-state index in [2.05, 4.69) is 41.0 Å². The first-order chi connectivity index (χ1) is 8.16. The van der Waals surface area contributed by atoms with Crippen molar-refractivity contribution in [3.8, 4) is 0 Å². The van der Waals surface area contributed by atoms with Crippen LogP contribution >= 0.6 is 0 Å². The average Bonchev–Trinajstić information content (AvgIpc) is 2.30.